The monoisotopic (exact) mass is 246 g/mol. The van der Waals surface area contributed by atoms with Crippen molar-refractivity contribution in [3.05, 3.63) is 24.5 Å². The highest BCUT2D eigenvalue weighted by atomic mass is 16.2. The van der Waals surface area contributed by atoms with Crippen molar-refractivity contribution in [1.29, 1.82) is 5.41 Å². The molecule has 0 bridgehead atoms. The molecule has 0 spiro atoms. The molecular formula is C13H18N4O. The van der Waals surface area contributed by atoms with Gasteiger partial charge < -0.3 is 4.90 Å². The SMILES string of the molecule is CC(C)(C)N1C(=N)N(c2ccncc2)CCC1=O. The third-order valence-corrected chi connectivity index (χ3v) is 2.91. The van der Waals surface area contributed by atoms with Crippen molar-refractivity contribution in [3.8, 4) is 0 Å². The quantitative estimate of drug-likeness (QED) is 0.822. The lowest BCUT2D eigenvalue weighted by Crippen LogP contribution is -2.59. The number of carbonyl (C=O) groups is 1. The number of hydrogen-bond donors (Lipinski definition) is 1. The van der Waals surface area contributed by atoms with E-state index in [1.807, 2.05) is 37.8 Å². The highest BCUT2D eigenvalue weighted by molar-refractivity contribution is 6.07. The average molecular weight is 246 g/mol. The molecule has 1 aliphatic rings. The van der Waals surface area contributed by atoms with Crippen molar-refractivity contribution in [1.82, 2.24) is 9.88 Å². The summed E-state index contributed by atoms with van der Waals surface area (Å²) in [7, 11) is 0. The van der Waals surface area contributed by atoms with Gasteiger partial charge in [-0.25, -0.2) is 0 Å². The third-order valence-electron chi connectivity index (χ3n) is 2.91. The molecule has 0 radical (unpaired) electrons. The van der Waals surface area contributed by atoms with Crippen LogP contribution in [0.1, 0.15) is 27.2 Å². The van der Waals surface area contributed by atoms with Crippen LogP contribution in [-0.4, -0.2) is 33.8 Å². The molecule has 1 fully saturated rings. The van der Waals surface area contributed by atoms with E-state index in [4.69, 9.17) is 5.41 Å². The molecule has 0 aliphatic carbocycles. The zero-order chi connectivity index (χ0) is 13.3. The number of carbonyl (C=O) groups excluding carboxylic acids is 1. The lowest BCUT2D eigenvalue weighted by atomic mass is 10.0. The van der Waals surface area contributed by atoms with Gasteiger partial charge in [0.2, 0.25) is 11.9 Å². The molecule has 0 atom stereocenters. The highest BCUT2D eigenvalue weighted by Crippen LogP contribution is 2.24. The number of hydrogen-bond acceptors (Lipinski definition) is 3. The standard InChI is InChI=1S/C13H18N4O/c1-13(2,3)17-11(18)6-9-16(12(17)14)10-4-7-15-8-5-10/h4-5,7-8,14H,6,9H2,1-3H3. The predicted octanol–water partition coefficient (Wildman–Crippen LogP) is 1.85. The largest absolute Gasteiger partial charge is 0.312 e. The number of nitrogens with zero attached hydrogens (tertiary/aromatic N) is 3. The molecule has 2 heterocycles. The van der Waals surface area contributed by atoms with E-state index in [1.54, 1.807) is 17.3 Å². The van der Waals surface area contributed by atoms with Crippen LogP contribution in [0.2, 0.25) is 0 Å². The van der Waals surface area contributed by atoms with Gasteiger partial charge in [-0.1, -0.05) is 0 Å². The minimum Gasteiger partial charge on any atom is -0.312 e. The maximum absolute atomic E-state index is 12.0. The molecule has 2 rings (SSSR count). The summed E-state index contributed by atoms with van der Waals surface area (Å²) < 4.78 is 0. The van der Waals surface area contributed by atoms with Gasteiger partial charge in [0.25, 0.3) is 0 Å². The highest BCUT2D eigenvalue weighted by Gasteiger charge is 2.36. The second kappa shape index (κ2) is 4.40. The number of guanidine groups is 1. The number of rotatable bonds is 1. The van der Waals surface area contributed by atoms with Crippen LogP contribution < -0.4 is 4.90 Å². The molecule has 0 saturated carbocycles. The molecule has 5 heteroatoms. The van der Waals surface area contributed by atoms with Crippen molar-refractivity contribution in [3.63, 3.8) is 0 Å². The maximum atomic E-state index is 12.0. The van der Waals surface area contributed by atoms with Crippen molar-refractivity contribution < 1.29 is 4.79 Å². The van der Waals surface area contributed by atoms with Crippen molar-refractivity contribution in [2.24, 2.45) is 0 Å². The molecule has 1 aromatic rings. The van der Waals surface area contributed by atoms with Crippen LogP contribution in [0, 0.1) is 5.41 Å². The fourth-order valence-corrected chi connectivity index (χ4v) is 2.13. The van der Waals surface area contributed by atoms with Gasteiger partial charge in [0.1, 0.15) is 0 Å². The summed E-state index contributed by atoms with van der Waals surface area (Å²) in [5.74, 6) is 0.253. The number of amides is 1. The van der Waals surface area contributed by atoms with Gasteiger partial charge in [0.05, 0.1) is 0 Å². The second-order valence-electron chi connectivity index (χ2n) is 5.33. The number of anilines is 1. The lowest BCUT2D eigenvalue weighted by molar-refractivity contribution is -0.131. The first-order chi connectivity index (χ1) is 8.41. The molecule has 0 unspecified atom stereocenters. The summed E-state index contributed by atoms with van der Waals surface area (Å²) in [6.07, 6.45) is 3.82. The Hall–Kier alpha value is -1.91. The predicted molar refractivity (Wildman–Crippen MR) is 70.5 cm³/mol. The first-order valence-electron chi connectivity index (χ1n) is 6.00. The lowest BCUT2D eigenvalue weighted by Gasteiger charge is -2.43. The normalized spacial score (nSPS) is 17.3. The summed E-state index contributed by atoms with van der Waals surface area (Å²) in [6, 6.07) is 3.70. The van der Waals surface area contributed by atoms with Gasteiger partial charge in [-0.2, -0.15) is 0 Å². The van der Waals surface area contributed by atoms with Crippen LogP contribution in [0.15, 0.2) is 24.5 Å². The van der Waals surface area contributed by atoms with E-state index < -0.39 is 0 Å². The van der Waals surface area contributed by atoms with Crippen molar-refractivity contribution in [2.45, 2.75) is 32.7 Å². The Kier molecular flexibility index (Phi) is 3.07. The Morgan fingerprint density at radius 3 is 2.44 bits per heavy atom. The molecule has 1 aliphatic heterocycles. The minimum atomic E-state index is -0.375. The summed E-state index contributed by atoms with van der Waals surface area (Å²) in [4.78, 5) is 19.3. The number of aromatic nitrogens is 1. The van der Waals surface area contributed by atoms with Crippen LogP contribution in [0.5, 0.6) is 0 Å². The van der Waals surface area contributed by atoms with Gasteiger partial charge >= 0.3 is 0 Å². The van der Waals surface area contributed by atoms with Crippen LogP contribution in [0.4, 0.5) is 5.69 Å². The summed E-state index contributed by atoms with van der Waals surface area (Å²) >= 11 is 0. The molecule has 96 valence electrons. The van der Waals surface area contributed by atoms with Crippen LogP contribution >= 0.6 is 0 Å². The first-order valence-corrected chi connectivity index (χ1v) is 6.00. The Labute approximate surface area is 107 Å². The van der Waals surface area contributed by atoms with Crippen LogP contribution in [0.3, 0.4) is 0 Å². The van der Waals surface area contributed by atoms with Gasteiger partial charge in [0.15, 0.2) is 0 Å². The Balaban J connectivity index is 2.32. The number of nitrogens with one attached hydrogen (secondary N) is 1. The van der Waals surface area contributed by atoms with E-state index in [1.165, 1.54) is 0 Å². The zero-order valence-corrected chi connectivity index (χ0v) is 11.0. The molecule has 18 heavy (non-hydrogen) atoms. The van der Waals surface area contributed by atoms with Gasteiger partial charge in [-0.05, 0) is 32.9 Å². The van der Waals surface area contributed by atoms with Gasteiger partial charge in [-0.3, -0.25) is 20.1 Å². The topological polar surface area (TPSA) is 60.3 Å². The molecule has 1 saturated heterocycles. The molecule has 0 aromatic carbocycles. The van der Waals surface area contributed by atoms with E-state index in [0.717, 1.165) is 5.69 Å². The van der Waals surface area contributed by atoms with Crippen LogP contribution in [0.25, 0.3) is 0 Å². The summed E-state index contributed by atoms with van der Waals surface area (Å²) in [5, 5.41) is 8.24. The van der Waals surface area contributed by atoms with Gasteiger partial charge in [0, 0.05) is 36.6 Å². The summed E-state index contributed by atoms with van der Waals surface area (Å²) in [5.41, 5.74) is 0.525. The fourth-order valence-electron chi connectivity index (χ4n) is 2.13. The Bertz CT molecular complexity index is 464. The smallest absolute Gasteiger partial charge is 0.231 e. The van der Waals surface area contributed by atoms with Crippen molar-refractivity contribution in [2.75, 3.05) is 11.4 Å². The van der Waals surface area contributed by atoms with E-state index in [0.29, 0.717) is 13.0 Å². The Morgan fingerprint density at radius 2 is 1.89 bits per heavy atom. The fraction of sp³-hybridized carbons (Fsp3) is 0.462. The number of pyridine rings is 1. The maximum Gasteiger partial charge on any atom is 0.231 e. The molecular weight excluding hydrogens is 228 g/mol. The molecule has 1 aromatic heterocycles. The average Bonchev–Trinajstić information content (AvgIpc) is 2.28. The van der Waals surface area contributed by atoms with E-state index >= 15 is 0 Å². The van der Waals surface area contributed by atoms with Crippen LogP contribution in [-0.2, 0) is 4.79 Å². The van der Waals surface area contributed by atoms with Crippen molar-refractivity contribution >= 4 is 17.6 Å². The Morgan fingerprint density at radius 1 is 1.28 bits per heavy atom. The zero-order valence-electron chi connectivity index (χ0n) is 11.0. The second-order valence-corrected chi connectivity index (χ2v) is 5.33. The minimum absolute atomic E-state index is 0.0119. The van der Waals surface area contributed by atoms with E-state index in [2.05, 4.69) is 4.98 Å². The summed E-state index contributed by atoms with van der Waals surface area (Å²) in [6.45, 7) is 6.37. The third kappa shape index (κ3) is 2.20. The van der Waals surface area contributed by atoms with E-state index in [-0.39, 0.29) is 17.4 Å². The molecule has 1 N–H and O–H groups in total. The first kappa shape index (κ1) is 12.5. The van der Waals surface area contributed by atoms with E-state index in [9.17, 15) is 4.79 Å². The van der Waals surface area contributed by atoms with Gasteiger partial charge in [-0.15, -0.1) is 0 Å². The molecule has 5 nitrogen and oxygen atoms in total. The molecule has 1 amide bonds.